The quantitative estimate of drug-likeness (QED) is 0.863. The maximum absolute atomic E-state index is 11.2. The Hall–Kier alpha value is -1.65. The van der Waals surface area contributed by atoms with Crippen LogP contribution < -0.4 is 0 Å². The van der Waals surface area contributed by atoms with Crippen molar-refractivity contribution in [2.45, 2.75) is 13.0 Å². The number of carbonyl (C=O) groups is 1. The molecule has 0 unspecified atom stereocenters. The maximum atomic E-state index is 11.2. The van der Waals surface area contributed by atoms with Crippen molar-refractivity contribution < 1.29 is 9.90 Å². The Labute approximate surface area is 133 Å². The van der Waals surface area contributed by atoms with Crippen molar-refractivity contribution in [2.24, 2.45) is 0 Å². The summed E-state index contributed by atoms with van der Waals surface area (Å²) in [6, 6.07) is 15.3. The van der Waals surface area contributed by atoms with Crippen molar-refractivity contribution in [1.82, 2.24) is 4.90 Å². The average molecular weight is 348 g/mol. The van der Waals surface area contributed by atoms with E-state index in [0.717, 1.165) is 29.5 Å². The second-order valence-electron chi connectivity index (χ2n) is 5.04. The van der Waals surface area contributed by atoms with Gasteiger partial charge in [-0.15, -0.1) is 0 Å². The zero-order valence-electron chi connectivity index (χ0n) is 11.9. The van der Waals surface area contributed by atoms with Gasteiger partial charge in [-0.3, -0.25) is 0 Å². The van der Waals surface area contributed by atoms with Gasteiger partial charge in [-0.05, 0) is 36.7 Å². The van der Waals surface area contributed by atoms with E-state index in [-0.39, 0.29) is 0 Å². The average Bonchev–Trinajstić information content (AvgIpc) is 2.48. The smallest absolute Gasteiger partial charge is 0.335 e. The van der Waals surface area contributed by atoms with E-state index >= 15 is 0 Å². The highest BCUT2D eigenvalue weighted by molar-refractivity contribution is 9.10. The van der Waals surface area contributed by atoms with Crippen LogP contribution in [0.4, 0.5) is 0 Å². The number of carboxylic acids is 1. The van der Waals surface area contributed by atoms with Gasteiger partial charge in [-0.2, -0.15) is 0 Å². The number of benzene rings is 2. The van der Waals surface area contributed by atoms with E-state index in [2.05, 4.69) is 26.9 Å². The standard InChI is InChI=1S/C17H18BrNO2/c1-19(12-14-7-3-5-9-16(14)18)11-10-13-6-2-4-8-15(13)17(20)21/h2-9H,10-12H2,1H3,(H,20,21). The fourth-order valence-corrected chi connectivity index (χ4v) is 2.66. The highest BCUT2D eigenvalue weighted by Crippen LogP contribution is 2.17. The summed E-state index contributed by atoms with van der Waals surface area (Å²) in [6.45, 7) is 1.64. The third-order valence-corrected chi connectivity index (χ3v) is 4.18. The molecule has 2 aromatic rings. The predicted molar refractivity (Wildman–Crippen MR) is 87.6 cm³/mol. The van der Waals surface area contributed by atoms with Crippen LogP contribution >= 0.6 is 15.9 Å². The van der Waals surface area contributed by atoms with E-state index in [1.807, 2.05) is 37.4 Å². The molecule has 0 fully saturated rings. The molecule has 1 N–H and O–H groups in total. The van der Waals surface area contributed by atoms with E-state index in [9.17, 15) is 9.90 Å². The Kier molecular flexibility index (Phi) is 5.53. The van der Waals surface area contributed by atoms with Gasteiger partial charge in [-0.1, -0.05) is 52.3 Å². The van der Waals surface area contributed by atoms with Gasteiger partial charge in [0.05, 0.1) is 5.56 Å². The molecule has 4 heteroatoms. The Morgan fingerprint density at radius 3 is 2.38 bits per heavy atom. The number of hydrogen-bond donors (Lipinski definition) is 1. The number of likely N-dealkylation sites (N-methyl/N-ethyl adjacent to an activating group) is 1. The van der Waals surface area contributed by atoms with Crippen LogP contribution in [0.2, 0.25) is 0 Å². The molecular formula is C17H18BrNO2. The largest absolute Gasteiger partial charge is 0.478 e. The number of aromatic carboxylic acids is 1. The summed E-state index contributed by atoms with van der Waals surface area (Å²) < 4.78 is 1.10. The molecular weight excluding hydrogens is 330 g/mol. The molecule has 0 heterocycles. The minimum absolute atomic E-state index is 0.395. The van der Waals surface area contributed by atoms with Gasteiger partial charge < -0.3 is 10.0 Å². The molecule has 3 nitrogen and oxygen atoms in total. The Morgan fingerprint density at radius 2 is 1.71 bits per heavy atom. The topological polar surface area (TPSA) is 40.5 Å². The van der Waals surface area contributed by atoms with Crippen LogP contribution in [-0.2, 0) is 13.0 Å². The minimum Gasteiger partial charge on any atom is -0.478 e. The normalized spacial score (nSPS) is 10.8. The van der Waals surface area contributed by atoms with Gasteiger partial charge in [0.2, 0.25) is 0 Å². The first-order valence-electron chi connectivity index (χ1n) is 6.81. The zero-order chi connectivity index (χ0) is 15.2. The lowest BCUT2D eigenvalue weighted by molar-refractivity contribution is 0.0695. The van der Waals surface area contributed by atoms with Crippen molar-refractivity contribution in [2.75, 3.05) is 13.6 Å². The minimum atomic E-state index is -0.862. The Bertz CT molecular complexity index is 628. The maximum Gasteiger partial charge on any atom is 0.335 e. The first-order chi connectivity index (χ1) is 10.1. The second kappa shape index (κ2) is 7.38. The summed E-state index contributed by atoms with van der Waals surface area (Å²) in [4.78, 5) is 13.4. The molecule has 0 bridgehead atoms. The molecule has 2 rings (SSSR count). The fraction of sp³-hybridized carbons (Fsp3) is 0.235. The molecule has 0 atom stereocenters. The molecule has 0 saturated heterocycles. The number of nitrogens with zero attached hydrogens (tertiary/aromatic N) is 1. The number of rotatable bonds is 6. The highest BCUT2D eigenvalue weighted by Gasteiger charge is 2.10. The van der Waals surface area contributed by atoms with Crippen molar-refractivity contribution in [3.05, 3.63) is 69.7 Å². The summed E-state index contributed by atoms with van der Waals surface area (Å²) in [6.07, 6.45) is 0.726. The van der Waals surface area contributed by atoms with Gasteiger partial charge in [0.1, 0.15) is 0 Å². The molecule has 0 aliphatic rings. The lowest BCUT2D eigenvalue weighted by Crippen LogP contribution is -2.21. The van der Waals surface area contributed by atoms with Gasteiger partial charge in [0.15, 0.2) is 0 Å². The van der Waals surface area contributed by atoms with Crippen LogP contribution in [0.5, 0.6) is 0 Å². The predicted octanol–water partition coefficient (Wildman–Crippen LogP) is 3.82. The molecule has 0 aromatic heterocycles. The monoisotopic (exact) mass is 347 g/mol. The van der Waals surface area contributed by atoms with Gasteiger partial charge in [0.25, 0.3) is 0 Å². The van der Waals surface area contributed by atoms with Crippen LogP contribution in [0.1, 0.15) is 21.5 Å². The molecule has 0 spiro atoms. The summed E-state index contributed by atoms with van der Waals surface area (Å²) in [5.74, 6) is -0.862. The molecule has 0 amide bonds. The van der Waals surface area contributed by atoms with Gasteiger partial charge in [0, 0.05) is 17.6 Å². The van der Waals surface area contributed by atoms with E-state index < -0.39 is 5.97 Å². The second-order valence-corrected chi connectivity index (χ2v) is 5.90. The lowest BCUT2D eigenvalue weighted by atomic mass is 10.0. The van der Waals surface area contributed by atoms with Gasteiger partial charge >= 0.3 is 5.97 Å². The van der Waals surface area contributed by atoms with E-state index in [0.29, 0.717) is 5.56 Å². The number of halogens is 1. The molecule has 21 heavy (non-hydrogen) atoms. The van der Waals surface area contributed by atoms with Crippen molar-refractivity contribution >= 4 is 21.9 Å². The lowest BCUT2D eigenvalue weighted by Gasteiger charge is -2.18. The van der Waals surface area contributed by atoms with Crippen LogP contribution in [-0.4, -0.2) is 29.6 Å². The first kappa shape index (κ1) is 15.7. The van der Waals surface area contributed by atoms with Crippen molar-refractivity contribution in [1.29, 1.82) is 0 Å². The summed E-state index contributed by atoms with van der Waals surface area (Å²) in [5.41, 5.74) is 2.50. The SMILES string of the molecule is CN(CCc1ccccc1C(=O)O)Cc1ccccc1Br. The third-order valence-electron chi connectivity index (χ3n) is 3.41. The van der Waals surface area contributed by atoms with Crippen LogP contribution in [0.15, 0.2) is 53.0 Å². The Balaban J connectivity index is 1.97. The number of hydrogen-bond acceptors (Lipinski definition) is 2. The molecule has 2 aromatic carbocycles. The molecule has 110 valence electrons. The molecule has 0 aliphatic heterocycles. The van der Waals surface area contributed by atoms with Crippen molar-refractivity contribution in [3.63, 3.8) is 0 Å². The first-order valence-corrected chi connectivity index (χ1v) is 7.60. The summed E-state index contributed by atoms with van der Waals surface area (Å²) in [7, 11) is 2.04. The fourth-order valence-electron chi connectivity index (χ4n) is 2.25. The van der Waals surface area contributed by atoms with Crippen molar-refractivity contribution in [3.8, 4) is 0 Å². The summed E-state index contributed by atoms with van der Waals surface area (Å²) in [5, 5.41) is 9.18. The number of carboxylic acid groups (broad SMARTS) is 1. The molecule has 0 radical (unpaired) electrons. The van der Waals surface area contributed by atoms with E-state index in [1.54, 1.807) is 12.1 Å². The van der Waals surface area contributed by atoms with E-state index in [4.69, 9.17) is 0 Å². The Morgan fingerprint density at radius 1 is 1.10 bits per heavy atom. The van der Waals surface area contributed by atoms with Crippen LogP contribution in [0, 0.1) is 0 Å². The van der Waals surface area contributed by atoms with Gasteiger partial charge in [-0.25, -0.2) is 4.79 Å². The highest BCUT2D eigenvalue weighted by atomic mass is 79.9. The van der Waals surface area contributed by atoms with E-state index in [1.165, 1.54) is 5.56 Å². The molecule has 0 aliphatic carbocycles. The van der Waals surface area contributed by atoms with Crippen LogP contribution in [0.25, 0.3) is 0 Å². The third kappa shape index (κ3) is 4.41. The molecule has 0 saturated carbocycles. The zero-order valence-corrected chi connectivity index (χ0v) is 13.5. The summed E-state index contributed by atoms with van der Waals surface area (Å²) >= 11 is 3.55. The van der Waals surface area contributed by atoms with Crippen LogP contribution in [0.3, 0.4) is 0 Å².